The van der Waals surface area contributed by atoms with Gasteiger partial charge in [0.05, 0.1) is 22.9 Å². The van der Waals surface area contributed by atoms with Crippen molar-refractivity contribution in [2.75, 3.05) is 12.3 Å². The molecule has 1 aliphatic carbocycles. The van der Waals surface area contributed by atoms with Crippen LogP contribution >= 0.6 is 11.6 Å². The van der Waals surface area contributed by atoms with E-state index < -0.39 is 5.97 Å². The van der Waals surface area contributed by atoms with Gasteiger partial charge in [0.15, 0.2) is 0 Å². The van der Waals surface area contributed by atoms with E-state index in [9.17, 15) is 4.79 Å². The molecule has 1 atom stereocenters. The van der Waals surface area contributed by atoms with Gasteiger partial charge in [-0.1, -0.05) is 41.9 Å². The van der Waals surface area contributed by atoms with E-state index in [0.29, 0.717) is 17.9 Å². The standard InChI is InChI=1S/C16H14ClNO2/c17-15-13(6-3-7-14(15)18)16(19)20-9-11-8-10-4-1-2-5-12(10)11/h1-7,11H,8-9,18H2. The number of halogens is 1. The summed E-state index contributed by atoms with van der Waals surface area (Å²) in [5.74, 6) is -0.137. The van der Waals surface area contributed by atoms with E-state index in [1.54, 1.807) is 18.2 Å². The molecule has 0 spiro atoms. The van der Waals surface area contributed by atoms with Crippen molar-refractivity contribution in [3.05, 3.63) is 64.2 Å². The lowest BCUT2D eigenvalue weighted by atomic mass is 9.78. The number of hydrogen-bond acceptors (Lipinski definition) is 3. The van der Waals surface area contributed by atoms with E-state index in [4.69, 9.17) is 22.1 Å². The summed E-state index contributed by atoms with van der Waals surface area (Å²) in [6, 6.07) is 13.2. The molecule has 1 aliphatic rings. The lowest BCUT2D eigenvalue weighted by Gasteiger charge is -2.29. The molecule has 20 heavy (non-hydrogen) atoms. The number of carbonyl (C=O) groups is 1. The number of nitrogen functional groups attached to an aromatic ring is 1. The molecule has 3 nitrogen and oxygen atoms in total. The van der Waals surface area contributed by atoms with Crippen molar-refractivity contribution >= 4 is 23.3 Å². The Kier molecular flexibility index (Phi) is 3.36. The van der Waals surface area contributed by atoms with Gasteiger partial charge in [-0.25, -0.2) is 4.79 Å². The summed E-state index contributed by atoms with van der Waals surface area (Å²) >= 11 is 6.01. The van der Waals surface area contributed by atoms with E-state index >= 15 is 0 Å². The van der Waals surface area contributed by atoms with Gasteiger partial charge < -0.3 is 10.5 Å². The number of nitrogens with two attached hydrogens (primary N) is 1. The molecule has 1 unspecified atom stereocenters. The summed E-state index contributed by atoms with van der Waals surface area (Å²) in [5, 5.41) is 0.256. The number of hydrogen-bond donors (Lipinski definition) is 1. The van der Waals surface area contributed by atoms with Gasteiger partial charge >= 0.3 is 5.97 Å². The second kappa shape index (κ2) is 5.17. The molecular formula is C16H14ClNO2. The summed E-state index contributed by atoms with van der Waals surface area (Å²) in [5.41, 5.74) is 8.97. The average molecular weight is 288 g/mol. The van der Waals surface area contributed by atoms with Crippen LogP contribution in [0.1, 0.15) is 27.4 Å². The molecule has 0 heterocycles. The molecule has 0 radical (unpaired) electrons. The van der Waals surface area contributed by atoms with Crippen molar-refractivity contribution in [1.82, 2.24) is 0 Å². The molecule has 0 aliphatic heterocycles. The van der Waals surface area contributed by atoms with E-state index in [-0.39, 0.29) is 10.9 Å². The molecule has 0 fully saturated rings. The number of esters is 1. The lowest BCUT2D eigenvalue weighted by molar-refractivity contribution is 0.0470. The highest BCUT2D eigenvalue weighted by Gasteiger charge is 2.27. The van der Waals surface area contributed by atoms with Gasteiger partial charge in [0.2, 0.25) is 0 Å². The summed E-state index contributed by atoms with van der Waals surface area (Å²) < 4.78 is 5.35. The molecule has 0 aromatic heterocycles. The first-order valence-electron chi connectivity index (χ1n) is 6.45. The van der Waals surface area contributed by atoms with Gasteiger partial charge in [0.25, 0.3) is 0 Å². The first-order valence-corrected chi connectivity index (χ1v) is 6.83. The molecular weight excluding hydrogens is 274 g/mol. The van der Waals surface area contributed by atoms with Crippen LogP contribution in [0.5, 0.6) is 0 Å². The predicted molar refractivity (Wildman–Crippen MR) is 79.0 cm³/mol. The van der Waals surface area contributed by atoms with Gasteiger partial charge in [-0.05, 0) is 29.7 Å². The zero-order chi connectivity index (χ0) is 14.1. The van der Waals surface area contributed by atoms with Crippen molar-refractivity contribution < 1.29 is 9.53 Å². The molecule has 3 rings (SSSR count). The highest BCUT2D eigenvalue weighted by molar-refractivity contribution is 6.36. The van der Waals surface area contributed by atoms with Crippen LogP contribution < -0.4 is 5.73 Å². The Bertz CT molecular complexity index is 669. The third-order valence-electron chi connectivity index (χ3n) is 3.63. The number of anilines is 1. The first-order chi connectivity index (χ1) is 9.66. The molecule has 0 bridgehead atoms. The van der Waals surface area contributed by atoms with Crippen LogP contribution in [0.4, 0.5) is 5.69 Å². The largest absolute Gasteiger partial charge is 0.461 e. The highest BCUT2D eigenvalue weighted by Crippen LogP contribution is 2.35. The molecule has 0 saturated heterocycles. The van der Waals surface area contributed by atoms with Crippen LogP contribution in [0.15, 0.2) is 42.5 Å². The Balaban J connectivity index is 1.65. The zero-order valence-electron chi connectivity index (χ0n) is 10.8. The normalized spacial score (nSPS) is 16.1. The average Bonchev–Trinajstić information content (AvgIpc) is 2.42. The summed E-state index contributed by atoms with van der Waals surface area (Å²) in [4.78, 5) is 12.0. The minimum Gasteiger partial charge on any atom is -0.461 e. The summed E-state index contributed by atoms with van der Waals surface area (Å²) in [7, 11) is 0. The Morgan fingerprint density at radius 2 is 2.05 bits per heavy atom. The van der Waals surface area contributed by atoms with Crippen molar-refractivity contribution in [1.29, 1.82) is 0 Å². The van der Waals surface area contributed by atoms with Crippen LogP contribution in [-0.2, 0) is 11.2 Å². The smallest absolute Gasteiger partial charge is 0.339 e. The monoisotopic (exact) mass is 287 g/mol. The summed E-state index contributed by atoms with van der Waals surface area (Å²) in [6.07, 6.45) is 0.952. The van der Waals surface area contributed by atoms with Gasteiger partial charge in [0.1, 0.15) is 0 Å². The highest BCUT2D eigenvalue weighted by atomic mass is 35.5. The van der Waals surface area contributed by atoms with Crippen LogP contribution in [0.3, 0.4) is 0 Å². The molecule has 102 valence electrons. The molecule has 2 aromatic rings. The molecule has 2 N–H and O–H groups in total. The van der Waals surface area contributed by atoms with E-state index in [0.717, 1.165) is 6.42 Å². The number of fused-ring (bicyclic) bond motifs is 1. The third-order valence-corrected chi connectivity index (χ3v) is 4.05. The van der Waals surface area contributed by atoms with Gasteiger partial charge in [-0.2, -0.15) is 0 Å². The Morgan fingerprint density at radius 1 is 1.25 bits per heavy atom. The number of rotatable bonds is 3. The van der Waals surface area contributed by atoms with Crippen LogP contribution in [0.2, 0.25) is 5.02 Å². The van der Waals surface area contributed by atoms with Crippen molar-refractivity contribution in [3.63, 3.8) is 0 Å². The van der Waals surface area contributed by atoms with E-state index in [2.05, 4.69) is 12.1 Å². The molecule has 2 aromatic carbocycles. The second-order valence-corrected chi connectivity index (χ2v) is 5.29. The maximum Gasteiger partial charge on any atom is 0.339 e. The fourth-order valence-corrected chi connectivity index (χ4v) is 2.68. The molecule has 4 heteroatoms. The predicted octanol–water partition coefficient (Wildman–Crippen LogP) is 3.42. The minimum absolute atomic E-state index is 0.256. The van der Waals surface area contributed by atoms with Crippen molar-refractivity contribution in [2.24, 2.45) is 0 Å². The van der Waals surface area contributed by atoms with Crippen molar-refractivity contribution in [3.8, 4) is 0 Å². The number of benzene rings is 2. The third kappa shape index (κ3) is 2.25. The number of carbonyl (C=O) groups excluding carboxylic acids is 1. The topological polar surface area (TPSA) is 52.3 Å². The van der Waals surface area contributed by atoms with Crippen LogP contribution in [0.25, 0.3) is 0 Å². The fourth-order valence-electron chi connectivity index (χ4n) is 2.47. The van der Waals surface area contributed by atoms with Gasteiger partial charge in [-0.15, -0.1) is 0 Å². The first kappa shape index (κ1) is 13.0. The van der Waals surface area contributed by atoms with E-state index in [1.807, 2.05) is 12.1 Å². The SMILES string of the molecule is Nc1cccc(C(=O)OCC2Cc3ccccc32)c1Cl. The van der Waals surface area contributed by atoms with Gasteiger partial charge in [-0.3, -0.25) is 0 Å². The fraction of sp³-hybridized carbons (Fsp3) is 0.188. The Labute approximate surface area is 122 Å². The van der Waals surface area contributed by atoms with E-state index in [1.165, 1.54) is 11.1 Å². The van der Waals surface area contributed by atoms with Gasteiger partial charge in [0, 0.05) is 5.92 Å². The maximum absolute atomic E-state index is 12.0. The van der Waals surface area contributed by atoms with Crippen LogP contribution in [0, 0.1) is 0 Å². The minimum atomic E-state index is -0.424. The Morgan fingerprint density at radius 3 is 2.85 bits per heavy atom. The summed E-state index contributed by atoms with van der Waals surface area (Å²) in [6.45, 7) is 0.376. The number of ether oxygens (including phenoxy) is 1. The van der Waals surface area contributed by atoms with Crippen molar-refractivity contribution in [2.45, 2.75) is 12.3 Å². The lowest BCUT2D eigenvalue weighted by Crippen LogP contribution is -2.23. The van der Waals surface area contributed by atoms with Crippen LogP contribution in [-0.4, -0.2) is 12.6 Å². The molecule has 0 amide bonds. The zero-order valence-corrected chi connectivity index (χ0v) is 11.6. The maximum atomic E-state index is 12.0. The second-order valence-electron chi connectivity index (χ2n) is 4.91. The molecule has 0 saturated carbocycles. The quantitative estimate of drug-likeness (QED) is 0.695. The Hall–Kier alpha value is -2.00.